The minimum absolute atomic E-state index is 0.268. The normalized spacial score (nSPS) is 29.9. The smallest absolute Gasteiger partial charge is 0.126 e. The largest absolute Gasteiger partial charge is 0.390 e. The van der Waals surface area contributed by atoms with Crippen molar-refractivity contribution in [3.8, 4) is 0 Å². The van der Waals surface area contributed by atoms with Crippen LogP contribution in [0.25, 0.3) is 0 Å². The van der Waals surface area contributed by atoms with Crippen molar-refractivity contribution in [2.45, 2.75) is 45.6 Å². The second kappa shape index (κ2) is 4.62. The van der Waals surface area contributed by atoms with Crippen molar-refractivity contribution in [1.82, 2.24) is 4.90 Å². The molecular weight excluding hydrogens is 190 g/mol. The summed E-state index contributed by atoms with van der Waals surface area (Å²) in [6.07, 6.45) is 3.71. The lowest BCUT2D eigenvalue weighted by molar-refractivity contribution is -0.115. The zero-order valence-electron chi connectivity index (χ0n) is 10.1. The van der Waals surface area contributed by atoms with Gasteiger partial charge in [-0.25, -0.2) is 0 Å². The van der Waals surface area contributed by atoms with E-state index in [1.807, 2.05) is 20.8 Å². The molecule has 0 aromatic rings. The Hall–Kier alpha value is -0.410. The number of carbonyl (C=O) groups is 1. The van der Waals surface area contributed by atoms with E-state index in [2.05, 4.69) is 4.90 Å². The van der Waals surface area contributed by atoms with Crippen molar-refractivity contribution in [2.24, 2.45) is 5.41 Å². The van der Waals surface area contributed by atoms with E-state index in [9.17, 15) is 9.90 Å². The fraction of sp³-hybridized carbons (Fsp3) is 0.917. The van der Waals surface area contributed by atoms with E-state index in [1.54, 1.807) is 0 Å². The predicted molar refractivity (Wildman–Crippen MR) is 60.8 cm³/mol. The van der Waals surface area contributed by atoms with Crippen LogP contribution in [0.15, 0.2) is 0 Å². The number of rotatable bonds is 3. The van der Waals surface area contributed by atoms with Crippen molar-refractivity contribution in [3.63, 3.8) is 0 Å². The Bertz CT molecular complexity index is 224. The summed E-state index contributed by atoms with van der Waals surface area (Å²) >= 11 is 0. The molecule has 0 amide bonds. The van der Waals surface area contributed by atoms with E-state index in [0.29, 0.717) is 0 Å². The first-order chi connectivity index (χ1) is 6.85. The molecule has 1 aliphatic heterocycles. The van der Waals surface area contributed by atoms with Crippen LogP contribution in [-0.2, 0) is 4.79 Å². The lowest BCUT2D eigenvalue weighted by Crippen LogP contribution is -2.36. The van der Waals surface area contributed by atoms with Crippen molar-refractivity contribution in [3.05, 3.63) is 0 Å². The SMILES string of the molecule is CC(C)(C=O)CN1CCCC(C)(O)CC1. The molecule has 3 heteroatoms. The molecule has 3 nitrogen and oxygen atoms in total. The number of likely N-dealkylation sites (tertiary alicyclic amines) is 1. The Kier molecular flexibility index (Phi) is 3.90. The number of hydrogen-bond donors (Lipinski definition) is 1. The molecule has 0 bridgehead atoms. The van der Waals surface area contributed by atoms with Gasteiger partial charge in [0.05, 0.1) is 5.60 Å². The van der Waals surface area contributed by atoms with Gasteiger partial charge in [0.2, 0.25) is 0 Å². The number of nitrogens with zero attached hydrogens (tertiary/aromatic N) is 1. The van der Waals surface area contributed by atoms with Gasteiger partial charge < -0.3 is 14.8 Å². The van der Waals surface area contributed by atoms with Crippen LogP contribution in [-0.4, -0.2) is 41.5 Å². The average molecular weight is 213 g/mol. The molecule has 1 unspecified atom stereocenters. The Morgan fingerprint density at radius 1 is 1.40 bits per heavy atom. The number of aldehydes is 1. The summed E-state index contributed by atoms with van der Waals surface area (Å²) in [4.78, 5) is 13.1. The van der Waals surface area contributed by atoms with Gasteiger partial charge in [-0.1, -0.05) is 13.8 Å². The second-order valence-electron chi connectivity index (χ2n) is 5.73. The summed E-state index contributed by atoms with van der Waals surface area (Å²) < 4.78 is 0. The summed E-state index contributed by atoms with van der Waals surface area (Å²) in [5, 5.41) is 9.93. The maximum Gasteiger partial charge on any atom is 0.126 e. The van der Waals surface area contributed by atoms with Gasteiger partial charge >= 0.3 is 0 Å². The molecule has 0 aliphatic carbocycles. The molecule has 0 spiro atoms. The van der Waals surface area contributed by atoms with Crippen molar-refractivity contribution >= 4 is 6.29 Å². The first kappa shape index (κ1) is 12.7. The van der Waals surface area contributed by atoms with E-state index in [-0.39, 0.29) is 5.41 Å². The van der Waals surface area contributed by atoms with Crippen LogP contribution in [0.5, 0.6) is 0 Å². The third-order valence-corrected chi connectivity index (χ3v) is 3.11. The van der Waals surface area contributed by atoms with Crippen LogP contribution >= 0.6 is 0 Å². The van der Waals surface area contributed by atoms with Gasteiger partial charge in [0, 0.05) is 18.5 Å². The van der Waals surface area contributed by atoms with E-state index in [1.165, 1.54) is 0 Å². The average Bonchev–Trinajstić information content (AvgIpc) is 2.28. The first-order valence-electron chi connectivity index (χ1n) is 5.76. The maximum atomic E-state index is 10.8. The fourth-order valence-electron chi connectivity index (χ4n) is 2.09. The molecule has 1 aliphatic rings. The van der Waals surface area contributed by atoms with Gasteiger partial charge in [-0.2, -0.15) is 0 Å². The van der Waals surface area contributed by atoms with Crippen LogP contribution in [0.1, 0.15) is 40.0 Å². The lowest BCUT2D eigenvalue weighted by atomic mass is 9.95. The molecule has 1 fully saturated rings. The number of carbonyl (C=O) groups excluding carboxylic acids is 1. The summed E-state index contributed by atoms with van der Waals surface area (Å²) in [5.41, 5.74) is -0.781. The highest BCUT2D eigenvalue weighted by Crippen LogP contribution is 2.23. The van der Waals surface area contributed by atoms with Gasteiger partial charge in [0.1, 0.15) is 6.29 Å². The maximum absolute atomic E-state index is 10.8. The molecule has 1 atom stereocenters. The molecule has 1 rings (SSSR count). The van der Waals surface area contributed by atoms with Gasteiger partial charge in [-0.15, -0.1) is 0 Å². The summed E-state index contributed by atoms with van der Waals surface area (Å²) in [7, 11) is 0. The predicted octanol–water partition coefficient (Wildman–Crippen LogP) is 1.45. The Morgan fingerprint density at radius 2 is 2.07 bits per heavy atom. The van der Waals surface area contributed by atoms with Crippen molar-refractivity contribution in [1.29, 1.82) is 0 Å². The van der Waals surface area contributed by atoms with Crippen molar-refractivity contribution in [2.75, 3.05) is 19.6 Å². The third-order valence-electron chi connectivity index (χ3n) is 3.11. The first-order valence-corrected chi connectivity index (χ1v) is 5.76. The molecule has 1 N–H and O–H groups in total. The highest BCUT2D eigenvalue weighted by atomic mass is 16.3. The van der Waals surface area contributed by atoms with Gasteiger partial charge in [-0.3, -0.25) is 0 Å². The van der Waals surface area contributed by atoms with E-state index >= 15 is 0 Å². The summed E-state index contributed by atoms with van der Waals surface area (Å²) in [6.45, 7) is 8.51. The summed E-state index contributed by atoms with van der Waals surface area (Å²) in [5.74, 6) is 0. The highest BCUT2D eigenvalue weighted by Gasteiger charge is 2.27. The molecule has 0 radical (unpaired) electrons. The van der Waals surface area contributed by atoms with Crippen molar-refractivity contribution < 1.29 is 9.90 Å². The van der Waals surface area contributed by atoms with Crippen LogP contribution in [0.4, 0.5) is 0 Å². The minimum atomic E-state index is -0.514. The monoisotopic (exact) mass is 213 g/mol. The fourth-order valence-corrected chi connectivity index (χ4v) is 2.09. The van der Waals surface area contributed by atoms with Crippen LogP contribution < -0.4 is 0 Å². The molecular formula is C12H23NO2. The Labute approximate surface area is 92.5 Å². The number of hydrogen-bond acceptors (Lipinski definition) is 3. The lowest BCUT2D eigenvalue weighted by Gasteiger charge is -2.28. The van der Waals surface area contributed by atoms with Crippen LogP contribution in [0, 0.1) is 5.41 Å². The third kappa shape index (κ3) is 4.31. The Balaban J connectivity index is 2.48. The zero-order chi connectivity index (χ0) is 11.5. The quantitative estimate of drug-likeness (QED) is 0.721. The van der Waals surface area contributed by atoms with E-state index < -0.39 is 5.60 Å². The second-order valence-corrected chi connectivity index (χ2v) is 5.73. The molecule has 1 heterocycles. The minimum Gasteiger partial charge on any atom is -0.390 e. The summed E-state index contributed by atoms with van der Waals surface area (Å²) in [6, 6.07) is 0. The van der Waals surface area contributed by atoms with Crippen LogP contribution in [0.3, 0.4) is 0 Å². The molecule has 0 saturated carbocycles. The molecule has 15 heavy (non-hydrogen) atoms. The van der Waals surface area contributed by atoms with Gasteiger partial charge in [0.25, 0.3) is 0 Å². The Morgan fingerprint density at radius 3 is 2.67 bits per heavy atom. The molecule has 0 aromatic heterocycles. The molecule has 1 saturated heterocycles. The van der Waals surface area contributed by atoms with Crippen LogP contribution in [0.2, 0.25) is 0 Å². The highest BCUT2D eigenvalue weighted by molar-refractivity contribution is 5.58. The standard InChI is InChI=1S/C12H23NO2/c1-11(2,10-14)9-13-7-4-5-12(3,15)6-8-13/h10,15H,4-9H2,1-3H3. The van der Waals surface area contributed by atoms with E-state index in [0.717, 1.165) is 45.2 Å². The van der Waals surface area contributed by atoms with Gasteiger partial charge in [-0.05, 0) is 32.7 Å². The zero-order valence-corrected chi connectivity index (χ0v) is 10.1. The molecule has 88 valence electrons. The molecule has 0 aromatic carbocycles. The van der Waals surface area contributed by atoms with E-state index in [4.69, 9.17) is 0 Å². The van der Waals surface area contributed by atoms with Gasteiger partial charge in [0.15, 0.2) is 0 Å². The number of aliphatic hydroxyl groups is 1. The topological polar surface area (TPSA) is 40.5 Å².